The molecule has 0 amide bonds. The Morgan fingerprint density at radius 1 is 1.21 bits per heavy atom. The predicted octanol–water partition coefficient (Wildman–Crippen LogP) is 2.71. The molecule has 0 unspecified atom stereocenters. The van der Waals surface area contributed by atoms with Crippen molar-refractivity contribution in [2.45, 2.75) is 51.0 Å². The Hall–Kier alpha value is -2.72. The number of aromatic nitrogens is 4. The Labute approximate surface area is 193 Å². The first-order chi connectivity index (χ1) is 15.7. The van der Waals surface area contributed by atoms with Crippen molar-refractivity contribution in [2.24, 2.45) is 5.92 Å². The lowest BCUT2D eigenvalue weighted by atomic mass is 10.1. The van der Waals surface area contributed by atoms with Gasteiger partial charge >= 0.3 is 0 Å². The average molecular weight is 474 g/mol. The second kappa shape index (κ2) is 9.26. The first-order valence-electron chi connectivity index (χ1n) is 11.4. The van der Waals surface area contributed by atoms with Crippen molar-refractivity contribution >= 4 is 20.9 Å². The van der Waals surface area contributed by atoms with Crippen LogP contribution in [0.3, 0.4) is 0 Å². The van der Waals surface area contributed by atoms with Crippen molar-refractivity contribution in [3.8, 4) is 17.1 Å². The Morgan fingerprint density at radius 2 is 1.94 bits per heavy atom. The minimum Gasteiger partial charge on any atom is -0.493 e. The first kappa shape index (κ1) is 23.4. The number of sulfone groups is 1. The number of aryl methyl sites for hydroxylation is 1. The summed E-state index contributed by atoms with van der Waals surface area (Å²) in [5, 5.41) is 7.99. The predicted molar refractivity (Wildman–Crippen MR) is 128 cm³/mol. The van der Waals surface area contributed by atoms with Gasteiger partial charge in [-0.2, -0.15) is 5.10 Å². The lowest BCUT2D eigenvalue weighted by Crippen LogP contribution is -2.30. The van der Waals surface area contributed by atoms with Crippen LogP contribution in [-0.4, -0.2) is 54.1 Å². The van der Waals surface area contributed by atoms with E-state index in [1.807, 2.05) is 25.5 Å². The number of H-pyrrole nitrogens is 1. The van der Waals surface area contributed by atoms with E-state index >= 15 is 0 Å². The molecule has 33 heavy (non-hydrogen) atoms. The lowest BCUT2D eigenvalue weighted by Gasteiger charge is -2.24. The molecule has 1 aromatic carbocycles. The number of nitrogens with one attached hydrogen (secondary N) is 2. The molecule has 0 spiro atoms. The number of benzene rings is 1. The summed E-state index contributed by atoms with van der Waals surface area (Å²) in [6, 6.07) is 4.87. The molecule has 1 aliphatic heterocycles. The molecule has 178 valence electrons. The van der Waals surface area contributed by atoms with E-state index < -0.39 is 9.84 Å². The van der Waals surface area contributed by atoms with Crippen LogP contribution < -0.4 is 15.6 Å². The van der Waals surface area contributed by atoms with Gasteiger partial charge in [0.1, 0.15) is 17.1 Å². The third-order valence-electron chi connectivity index (χ3n) is 5.85. The molecule has 1 fully saturated rings. The number of rotatable bonds is 7. The van der Waals surface area contributed by atoms with Gasteiger partial charge in [0, 0.05) is 6.26 Å². The molecule has 3 heterocycles. The Balaban J connectivity index is 1.89. The van der Waals surface area contributed by atoms with Crippen LogP contribution in [0.5, 0.6) is 5.75 Å². The molecule has 9 nitrogen and oxygen atoms in total. The van der Waals surface area contributed by atoms with E-state index in [1.165, 1.54) is 12.1 Å². The highest BCUT2D eigenvalue weighted by Crippen LogP contribution is 2.32. The largest absolute Gasteiger partial charge is 0.493 e. The zero-order valence-corrected chi connectivity index (χ0v) is 20.3. The highest BCUT2D eigenvalue weighted by molar-refractivity contribution is 7.90. The van der Waals surface area contributed by atoms with E-state index in [2.05, 4.69) is 15.4 Å². The number of piperidine rings is 1. The molecule has 4 rings (SSSR count). The van der Waals surface area contributed by atoms with Gasteiger partial charge in [0.2, 0.25) is 0 Å². The first-order valence-corrected chi connectivity index (χ1v) is 13.3. The number of nitrogens with zero attached hydrogens (tertiary/aromatic N) is 3. The zero-order chi connectivity index (χ0) is 23.8. The van der Waals surface area contributed by atoms with Crippen LogP contribution in [0.4, 0.5) is 0 Å². The summed E-state index contributed by atoms with van der Waals surface area (Å²) in [5.74, 6) is 1.02. The number of aromatic amines is 1. The number of hydrogen-bond donors (Lipinski definition) is 2. The molecule has 0 aliphatic carbocycles. The van der Waals surface area contributed by atoms with Crippen LogP contribution in [0, 0.1) is 5.92 Å². The molecule has 0 saturated carbocycles. The summed E-state index contributed by atoms with van der Waals surface area (Å²) in [7, 11) is -3.45. The topological polar surface area (TPSA) is 119 Å². The summed E-state index contributed by atoms with van der Waals surface area (Å²) in [4.78, 5) is 20.8. The van der Waals surface area contributed by atoms with Crippen molar-refractivity contribution in [1.82, 2.24) is 25.1 Å². The monoisotopic (exact) mass is 473 g/mol. The molecule has 2 N–H and O–H groups in total. The van der Waals surface area contributed by atoms with Crippen LogP contribution in [-0.2, 0) is 16.3 Å². The standard InChI is InChI=1S/C23H31N5O4S/c1-5-18-20-21(27-28(18)15-8-10-24-11-9-15)23(29)26-22(25-20)17-12-16(33(4,30)31)6-7-19(17)32-13-14(2)3/h6-7,12,14-15,24H,5,8-11,13H2,1-4H3,(H,25,26,29). The van der Waals surface area contributed by atoms with Gasteiger partial charge in [0.15, 0.2) is 15.4 Å². The highest BCUT2D eigenvalue weighted by atomic mass is 32.2. The van der Waals surface area contributed by atoms with Gasteiger partial charge in [0.25, 0.3) is 5.56 Å². The van der Waals surface area contributed by atoms with Crippen molar-refractivity contribution in [3.05, 3.63) is 34.2 Å². The molecule has 10 heteroatoms. The van der Waals surface area contributed by atoms with Crippen LogP contribution in [0.15, 0.2) is 27.9 Å². The van der Waals surface area contributed by atoms with Crippen molar-refractivity contribution in [2.75, 3.05) is 26.0 Å². The molecule has 1 aliphatic rings. The molecule has 0 bridgehead atoms. The van der Waals surface area contributed by atoms with Crippen molar-refractivity contribution in [3.63, 3.8) is 0 Å². The van der Waals surface area contributed by atoms with E-state index in [9.17, 15) is 13.2 Å². The molecular weight excluding hydrogens is 442 g/mol. The van der Waals surface area contributed by atoms with Crippen LogP contribution in [0.25, 0.3) is 22.4 Å². The van der Waals surface area contributed by atoms with Gasteiger partial charge in [0.05, 0.1) is 28.8 Å². The smallest absolute Gasteiger partial charge is 0.279 e. The summed E-state index contributed by atoms with van der Waals surface area (Å²) in [6.07, 6.45) is 3.71. The van der Waals surface area contributed by atoms with Crippen molar-refractivity contribution < 1.29 is 13.2 Å². The molecule has 1 saturated heterocycles. The van der Waals surface area contributed by atoms with Gasteiger partial charge < -0.3 is 15.0 Å². The second-order valence-corrected chi connectivity index (χ2v) is 11.0. The number of ether oxygens (including phenoxy) is 1. The maximum Gasteiger partial charge on any atom is 0.279 e. The summed E-state index contributed by atoms with van der Waals surface area (Å²) < 4.78 is 32.3. The van der Waals surface area contributed by atoms with E-state index in [1.54, 1.807) is 6.07 Å². The Kier molecular flexibility index (Phi) is 6.58. The van der Waals surface area contributed by atoms with E-state index in [0.717, 1.165) is 37.9 Å². The summed E-state index contributed by atoms with van der Waals surface area (Å²) >= 11 is 0. The summed E-state index contributed by atoms with van der Waals surface area (Å²) in [5.41, 5.74) is 1.85. The average Bonchev–Trinajstić information content (AvgIpc) is 3.16. The molecule has 3 aromatic rings. The molecule has 0 atom stereocenters. The fourth-order valence-electron chi connectivity index (χ4n) is 4.15. The van der Waals surface area contributed by atoms with Gasteiger partial charge in [-0.05, 0) is 56.5 Å². The normalized spacial score (nSPS) is 15.4. The third-order valence-corrected chi connectivity index (χ3v) is 6.96. The van der Waals surface area contributed by atoms with E-state index in [0.29, 0.717) is 35.4 Å². The lowest BCUT2D eigenvalue weighted by molar-refractivity contribution is 0.272. The number of fused-ring (bicyclic) bond motifs is 1. The van der Waals surface area contributed by atoms with Crippen LogP contribution in [0.1, 0.15) is 45.3 Å². The second-order valence-electron chi connectivity index (χ2n) is 8.97. The fraction of sp³-hybridized carbons (Fsp3) is 0.522. The zero-order valence-electron chi connectivity index (χ0n) is 19.5. The Bertz CT molecular complexity index is 1320. The maximum atomic E-state index is 13.1. The third kappa shape index (κ3) is 4.81. The van der Waals surface area contributed by atoms with Gasteiger partial charge in [-0.1, -0.05) is 20.8 Å². The van der Waals surface area contributed by atoms with Crippen molar-refractivity contribution in [1.29, 1.82) is 0 Å². The minimum atomic E-state index is -3.45. The highest BCUT2D eigenvalue weighted by Gasteiger charge is 2.24. The quantitative estimate of drug-likeness (QED) is 0.541. The minimum absolute atomic E-state index is 0.137. The number of hydrogen-bond acceptors (Lipinski definition) is 7. The van der Waals surface area contributed by atoms with Crippen LogP contribution in [0.2, 0.25) is 0 Å². The van der Waals surface area contributed by atoms with Gasteiger partial charge in [-0.3, -0.25) is 9.48 Å². The molecule has 0 radical (unpaired) electrons. The Morgan fingerprint density at radius 3 is 2.58 bits per heavy atom. The molecular formula is C23H31N5O4S. The SMILES string of the molecule is CCc1c2nc(-c3cc(S(C)(=O)=O)ccc3OCC(C)C)[nH]c(=O)c2nn1C1CCNCC1. The van der Waals surface area contributed by atoms with E-state index in [-0.39, 0.29) is 28.2 Å². The fourth-order valence-corrected chi connectivity index (χ4v) is 4.80. The van der Waals surface area contributed by atoms with Gasteiger partial charge in [-0.15, -0.1) is 0 Å². The molecule has 2 aromatic heterocycles. The van der Waals surface area contributed by atoms with E-state index in [4.69, 9.17) is 9.72 Å². The van der Waals surface area contributed by atoms with Crippen LogP contribution >= 0.6 is 0 Å². The maximum absolute atomic E-state index is 13.1. The van der Waals surface area contributed by atoms with Gasteiger partial charge in [-0.25, -0.2) is 13.4 Å². The summed E-state index contributed by atoms with van der Waals surface area (Å²) in [6.45, 7) is 8.35.